The van der Waals surface area contributed by atoms with Gasteiger partial charge in [0, 0.05) is 6.20 Å². The molecule has 0 aliphatic carbocycles. The Bertz CT molecular complexity index is 434. The molecule has 0 atom stereocenters. The molecule has 1 heterocycles. The van der Waals surface area contributed by atoms with E-state index < -0.39 is 0 Å². The summed E-state index contributed by atoms with van der Waals surface area (Å²) in [6.45, 7) is 2.99. The van der Waals surface area contributed by atoms with Gasteiger partial charge in [-0.2, -0.15) is 5.10 Å². The number of benzene rings is 1. The molecule has 0 aliphatic heterocycles. The molecule has 0 saturated heterocycles. The minimum atomic E-state index is 0.857. The van der Waals surface area contributed by atoms with E-state index in [1.807, 2.05) is 17.1 Å². The second-order valence-corrected chi connectivity index (χ2v) is 4.53. The van der Waals surface area contributed by atoms with E-state index >= 15 is 0 Å². The maximum absolute atomic E-state index is 4.26. The largest absolute Gasteiger partial charge is 0.267 e. The molecule has 72 valence electrons. The van der Waals surface area contributed by atoms with Crippen LogP contribution in [0.25, 0.3) is 0 Å². The van der Waals surface area contributed by atoms with Crippen LogP contribution in [0.3, 0.4) is 0 Å². The molecular formula is C11H11IN2. The van der Waals surface area contributed by atoms with Crippen molar-refractivity contribution in [3.05, 3.63) is 51.4 Å². The topological polar surface area (TPSA) is 17.8 Å². The highest BCUT2D eigenvalue weighted by atomic mass is 127. The predicted molar refractivity (Wildman–Crippen MR) is 65.2 cm³/mol. The van der Waals surface area contributed by atoms with Gasteiger partial charge in [-0.25, -0.2) is 0 Å². The van der Waals surface area contributed by atoms with Crippen LogP contribution >= 0.6 is 22.6 Å². The first kappa shape index (κ1) is 9.71. The zero-order chi connectivity index (χ0) is 9.97. The monoisotopic (exact) mass is 298 g/mol. The van der Waals surface area contributed by atoms with Crippen molar-refractivity contribution < 1.29 is 0 Å². The summed E-state index contributed by atoms with van der Waals surface area (Å²) >= 11 is 2.27. The number of hydrogen-bond acceptors (Lipinski definition) is 1. The fraction of sp³-hybridized carbons (Fsp3) is 0.182. The van der Waals surface area contributed by atoms with Gasteiger partial charge in [0.25, 0.3) is 0 Å². The van der Waals surface area contributed by atoms with Crippen molar-refractivity contribution in [1.29, 1.82) is 0 Å². The van der Waals surface area contributed by atoms with Gasteiger partial charge in [0.05, 0.1) is 16.3 Å². The maximum Gasteiger partial charge on any atom is 0.0662 e. The standard InChI is InChI=1S/C11H11IN2/c1-9-4-2-3-5-10(9)7-14-8-11(12)6-13-14/h2-6,8H,7H2,1H3. The van der Waals surface area contributed by atoms with Crippen LogP contribution in [0.4, 0.5) is 0 Å². The zero-order valence-corrected chi connectivity index (χ0v) is 10.1. The van der Waals surface area contributed by atoms with Crippen molar-refractivity contribution in [2.45, 2.75) is 13.5 Å². The van der Waals surface area contributed by atoms with Crippen molar-refractivity contribution in [1.82, 2.24) is 9.78 Å². The summed E-state index contributed by atoms with van der Waals surface area (Å²) in [6, 6.07) is 8.40. The smallest absolute Gasteiger partial charge is 0.0662 e. The van der Waals surface area contributed by atoms with Gasteiger partial charge in [0.2, 0.25) is 0 Å². The Kier molecular flexibility index (Phi) is 2.86. The second kappa shape index (κ2) is 4.13. The number of aryl methyl sites for hydroxylation is 1. The lowest BCUT2D eigenvalue weighted by Gasteiger charge is -2.04. The van der Waals surface area contributed by atoms with Crippen molar-refractivity contribution >= 4 is 22.6 Å². The third-order valence-corrected chi connectivity index (χ3v) is 2.75. The molecule has 0 saturated carbocycles. The fourth-order valence-corrected chi connectivity index (χ4v) is 1.83. The van der Waals surface area contributed by atoms with Crippen LogP contribution in [-0.2, 0) is 6.54 Å². The molecule has 0 unspecified atom stereocenters. The summed E-state index contributed by atoms with van der Waals surface area (Å²) in [4.78, 5) is 0. The molecule has 2 rings (SSSR count). The van der Waals surface area contributed by atoms with Gasteiger partial charge < -0.3 is 0 Å². The molecule has 0 aliphatic rings. The number of hydrogen-bond donors (Lipinski definition) is 0. The Balaban J connectivity index is 2.23. The number of aromatic nitrogens is 2. The number of nitrogens with zero attached hydrogens (tertiary/aromatic N) is 2. The number of halogens is 1. The van der Waals surface area contributed by atoms with E-state index in [1.165, 1.54) is 14.7 Å². The molecule has 1 aromatic carbocycles. The first-order chi connectivity index (χ1) is 6.75. The van der Waals surface area contributed by atoms with Gasteiger partial charge in [0.15, 0.2) is 0 Å². The Labute approximate surface area is 97.1 Å². The van der Waals surface area contributed by atoms with Crippen molar-refractivity contribution in [3.8, 4) is 0 Å². The molecule has 0 spiro atoms. The molecule has 14 heavy (non-hydrogen) atoms. The van der Waals surface area contributed by atoms with Crippen molar-refractivity contribution in [3.63, 3.8) is 0 Å². The van der Waals surface area contributed by atoms with Crippen LogP contribution in [0.2, 0.25) is 0 Å². The van der Waals surface area contributed by atoms with Gasteiger partial charge in [-0.15, -0.1) is 0 Å². The normalized spacial score (nSPS) is 10.4. The molecule has 0 fully saturated rings. The summed E-state index contributed by atoms with van der Waals surface area (Å²) in [5.74, 6) is 0. The zero-order valence-electron chi connectivity index (χ0n) is 7.94. The maximum atomic E-state index is 4.26. The summed E-state index contributed by atoms with van der Waals surface area (Å²) in [5.41, 5.74) is 2.64. The first-order valence-corrected chi connectivity index (χ1v) is 5.56. The summed E-state index contributed by atoms with van der Waals surface area (Å²) in [7, 11) is 0. The molecule has 1 aromatic heterocycles. The minimum absolute atomic E-state index is 0.857. The van der Waals surface area contributed by atoms with Crippen LogP contribution < -0.4 is 0 Å². The van der Waals surface area contributed by atoms with Crippen LogP contribution in [0, 0.1) is 10.5 Å². The quantitative estimate of drug-likeness (QED) is 0.780. The highest BCUT2D eigenvalue weighted by molar-refractivity contribution is 14.1. The predicted octanol–water partition coefficient (Wildman–Crippen LogP) is 2.84. The minimum Gasteiger partial charge on any atom is -0.267 e. The Morgan fingerprint density at radius 3 is 2.79 bits per heavy atom. The van der Waals surface area contributed by atoms with Crippen molar-refractivity contribution in [2.24, 2.45) is 0 Å². The molecule has 2 aromatic rings. The SMILES string of the molecule is Cc1ccccc1Cn1cc(I)cn1. The summed E-state index contributed by atoms with van der Waals surface area (Å²) in [6.07, 6.45) is 3.92. The van der Waals surface area contributed by atoms with E-state index in [4.69, 9.17) is 0 Å². The van der Waals surface area contributed by atoms with Gasteiger partial charge in [-0.05, 0) is 40.6 Å². The lowest BCUT2D eigenvalue weighted by Crippen LogP contribution is -2.01. The molecule has 0 bridgehead atoms. The van der Waals surface area contributed by atoms with Gasteiger partial charge in [-0.3, -0.25) is 4.68 Å². The van der Waals surface area contributed by atoms with Crippen LogP contribution in [0.15, 0.2) is 36.7 Å². The molecule has 0 amide bonds. The Hall–Kier alpha value is -0.840. The molecule has 0 N–H and O–H groups in total. The van der Waals surface area contributed by atoms with Gasteiger partial charge in [-0.1, -0.05) is 24.3 Å². The first-order valence-electron chi connectivity index (χ1n) is 4.48. The van der Waals surface area contributed by atoms with Crippen LogP contribution in [0.1, 0.15) is 11.1 Å². The molecule has 0 radical (unpaired) electrons. The highest BCUT2D eigenvalue weighted by Crippen LogP contribution is 2.09. The fourth-order valence-electron chi connectivity index (χ4n) is 1.39. The number of rotatable bonds is 2. The molecule has 2 nitrogen and oxygen atoms in total. The third-order valence-electron chi connectivity index (χ3n) is 2.20. The highest BCUT2D eigenvalue weighted by Gasteiger charge is 1.99. The van der Waals surface area contributed by atoms with Gasteiger partial charge in [0.1, 0.15) is 0 Å². The van der Waals surface area contributed by atoms with E-state index in [1.54, 1.807) is 0 Å². The van der Waals surface area contributed by atoms with Gasteiger partial charge >= 0.3 is 0 Å². The lowest BCUT2D eigenvalue weighted by molar-refractivity contribution is 0.684. The Morgan fingerprint density at radius 2 is 2.14 bits per heavy atom. The second-order valence-electron chi connectivity index (χ2n) is 3.28. The molecule has 3 heteroatoms. The average Bonchev–Trinajstić information content (AvgIpc) is 2.56. The summed E-state index contributed by atoms with van der Waals surface area (Å²) < 4.78 is 3.14. The Morgan fingerprint density at radius 1 is 1.36 bits per heavy atom. The van der Waals surface area contributed by atoms with E-state index in [0.717, 1.165) is 6.54 Å². The third kappa shape index (κ3) is 2.15. The lowest BCUT2D eigenvalue weighted by atomic mass is 10.1. The molecular weight excluding hydrogens is 287 g/mol. The van der Waals surface area contributed by atoms with Crippen molar-refractivity contribution in [2.75, 3.05) is 0 Å². The van der Waals surface area contributed by atoms with Crippen LogP contribution in [-0.4, -0.2) is 9.78 Å². The van der Waals surface area contributed by atoms with E-state index in [0.29, 0.717) is 0 Å². The summed E-state index contributed by atoms with van der Waals surface area (Å²) in [5, 5.41) is 4.26. The van der Waals surface area contributed by atoms with E-state index in [2.05, 4.69) is 58.9 Å². The van der Waals surface area contributed by atoms with Crippen LogP contribution in [0.5, 0.6) is 0 Å². The van der Waals surface area contributed by atoms with E-state index in [9.17, 15) is 0 Å². The van der Waals surface area contributed by atoms with E-state index in [-0.39, 0.29) is 0 Å². The average molecular weight is 298 g/mol.